The highest BCUT2D eigenvalue weighted by molar-refractivity contribution is 9.10. The molecule has 4 heteroatoms. The Morgan fingerprint density at radius 3 is 2.86 bits per heavy atom. The van der Waals surface area contributed by atoms with Gasteiger partial charge in [-0.15, -0.1) is 6.42 Å². The van der Waals surface area contributed by atoms with E-state index in [4.69, 9.17) is 6.42 Å². The molecular formula is C10H11BrN2O. The van der Waals surface area contributed by atoms with Crippen LogP contribution < -0.4 is 5.32 Å². The lowest BCUT2D eigenvalue weighted by Crippen LogP contribution is -2.32. The summed E-state index contributed by atoms with van der Waals surface area (Å²) in [5, 5.41) is 2.68. The van der Waals surface area contributed by atoms with Crippen molar-refractivity contribution in [1.82, 2.24) is 9.88 Å². The number of halogens is 1. The fraction of sp³-hybridized carbons (Fsp3) is 0.300. The molecule has 1 aromatic heterocycles. The molecule has 1 aromatic rings. The van der Waals surface area contributed by atoms with Gasteiger partial charge in [-0.2, -0.15) is 0 Å². The summed E-state index contributed by atoms with van der Waals surface area (Å²) in [6.07, 6.45) is 6.98. The van der Waals surface area contributed by atoms with Gasteiger partial charge in [0, 0.05) is 17.7 Å². The van der Waals surface area contributed by atoms with Gasteiger partial charge in [0.1, 0.15) is 5.69 Å². The van der Waals surface area contributed by atoms with Gasteiger partial charge in [0.25, 0.3) is 5.91 Å². The Kier molecular flexibility index (Phi) is 3.37. The maximum Gasteiger partial charge on any atom is 0.268 e. The monoisotopic (exact) mass is 254 g/mol. The van der Waals surface area contributed by atoms with Gasteiger partial charge in [-0.1, -0.05) is 5.92 Å². The van der Waals surface area contributed by atoms with Crippen LogP contribution in [0.1, 0.15) is 17.4 Å². The van der Waals surface area contributed by atoms with E-state index in [1.54, 1.807) is 24.6 Å². The number of aryl methyl sites for hydroxylation is 1. The van der Waals surface area contributed by atoms with E-state index in [0.717, 1.165) is 4.47 Å². The van der Waals surface area contributed by atoms with Crippen LogP contribution in [0.15, 0.2) is 16.7 Å². The van der Waals surface area contributed by atoms with Crippen molar-refractivity contribution in [3.8, 4) is 12.3 Å². The molecule has 0 bridgehead atoms. The van der Waals surface area contributed by atoms with Crippen LogP contribution in [0.5, 0.6) is 0 Å². The van der Waals surface area contributed by atoms with E-state index in [1.165, 1.54) is 0 Å². The molecule has 0 aliphatic heterocycles. The first kappa shape index (κ1) is 10.9. The highest BCUT2D eigenvalue weighted by atomic mass is 79.9. The third-order valence-electron chi connectivity index (χ3n) is 1.80. The molecular weight excluding hydrogens is 244 g/mol. The zero-order chi connectivity index (χ0) is 10.7. The van der Waals surface area contributed by atoms with Gasteiger partial charge >= 0.3 is 0 Å². The van der Waals surface area contributed by atoms with Crippen molar-refractivity contribution in [2.75, 3.05) is 0 Å². The van der Waals surface area contributed by atoms with Crippen LogP contribution >= 0.6 is 15.9 Å². The second kappa shape index (κ2) is 4.34. The molecule has 1 heterocycles. The molecule has 0 aliphatic carbocycles. The minimum absolute atomic E-state index is 0.163. The summed E-state index contributed by atoms with van der Waals surface area (Å²) in [4.78, 5) is 11.6. The van der Waals surface area contributed by atoms with Crippen molar-refractivity contribution < 1.29 is 4.79 Å². The molecule has 0 fully saturated rings. The molecule has 3 nitrogen and oxygen atoms in total. The van der Waals surface area contributed by atoms with E-state index in [9.17, 15) is 4.79 Å². The Morgan fingerprint density at radius 2 is 2.43 bits per heavy atom. The molecule has 0 radical (unpaired) electrons. The molecule has 74 valence electrons. The minimum Gasteiger partial charge on any atom is -0.345 e. The number of terminal acetylenes is 1. The quantitative estimate of drug-likeness (QED) is 0.799. The van der Waals surface area contributed by atoms with Gasteiger partial charge in [0.15, 0.2) is 0 Å². The normalized spacial score (nSPS) is 11.9. The predicted molar refractivity (Wildman–Crippen MR) is 58.9 cm³/mol. The number of hydrogen-bond donors (Lipinski definition) is 1. The van der Waals surface area contributed by atoms with Crippen LogP contribution in [0.2, 0.25) is 0 Å². The van der Waals surface area contributed by atoms with Gasteiger partial charge in [-0.3, -0.25) is 4.79 Å². The van der Waals surface area contributed by atoms with Gasteiger partial charge in [0.05, 0.1) is 6.04 Å². The summed E-state index contributed by atoms with van der Waals surface area (Å²) in [7, 11) is 1.81. The average Bonchev–Trinajstić information content (AvgIpc) is 2.45. The van der Waals surface area contributed by atoms with E-state index in [1.807, 2.05) is 6.20 Å². The number of carbonyl (C=O) groups excluding carboxylic acids is 1. The number of nitrogens with one attached hydrogen (secondary N) is 1. The van der Waals surface area contributed by atoms with E-state index < -0.39 is 0 Å². The number of hydrogen-bond acceptors (Lipinski definition) is 1. The Hall–Kier alpha value is -1.21. The third kappa shape index (κ3) is 2.39. The SMILES string of the molecule is C#CC(C)NC(=O)c1cc(Br)cn1C. The minimum atomic E-state index is -0.254. The summed E-state index contributed by atoms with van der Waals surface area (Å²) in [5.41, 5.74) is 0.582. The molecule has 0 aliphatic rings. The molecule has 1 amide bonds. The lowest BCUT2D eigenvalue weighted by Gasteiger charge is -2.07. The van der Waals surface area contributed by atoms with Crippen molar-refractivity contribution in [2.24, 2.45) is 7.05 Å². The van der Waals surface area contributed by atoms with Crippen molar-refractivity contribution in [2.45, 2.75) is 13.0 Å². The topological polar surface area (TPSA) is 34.0 Å². The third-order valence-corrected chi connectivity index (χ3v) is 2.24. The largest absolute Gasteiger partial charge is 0.345 e. The van der Waals surface area contributed by atoms with Crippen molar-refractivity contribution in [1.29, 1.82) is 0 Å². The molecule has 0 spiro atoms. The number of nitrogens with zero attached hydrogens (tertiary/aromatic N) is 1. The van der Waals surface area contributed by atoms with E-state index >= 15 is 0 Å². The highest BCUT2D eigenvalue weighted by Crippen LogP contribution is 2.13. The highest BCUT2D eigenvalue weighted by Gasteiger charge is 2.11. The molecule has 0 aromatic carbocycles. The van der Waals surface area contributed by atoms with Crippen molar-refractivity contribution in [3.63, 3.8) is 0 Å². The van der Waals surface area contributed by atoms with Crippen LogP contribution in [-0.4, -0.2) is 16.5 Å². The van der Waals surface area contributed by atoms with Crippen LogP contribution in [0.25, 0.3) is 0 Å². The van der Waals surface area contributed by atoms with E-state index in [0.29, 0.717) is 5.69 Å². The van der Waals surface area contributed by atoms with Crippen LogP contribution in [-0.2, 0) is 7.05 Å². The van der Waals surface area contributed by atoms with Gasteiger partial charge in [0.2, 0.25) is 0 Å². The number of rotatable bonds is 2. The molecule has 1 N–H and O–H groups in total. The molecule has 0 saturated carbocycles. The van der Waals surface area contributed by atoms with Crippen molar-refractivity contribution >= 4 is 21.8 Å². The zero-order valence-electron chi connectivity index (χ0n) is 8.04. The van der Waals surface area contributed by atoms with E-state index in [2.05, 4.69) is 27.2 Å². The second-order valence-corrected chi connectivity index (χ2v) is 3.93. The maximum atomic E-state index is 11.6. The second-order valence-electron chi connectivity index (χ2n) is 3.02. The Bertz CT molecular complexity index is 389. The van der Waals surface area contributed by atoms with Gasteiger partial charge in [-0.25, -0.2) is 0 Å². The smallest absolute Gasteiger partial charge is 0.268 e. The molecule has 1 atom stereocenters. The first-order valence-corrected chi connectivity index (χ1v) is 4.92. The fourth-order valence-corrected chi connectivity index (χ4v) is 1.59. The van der Waals surface area contributed by atoms with Crippen LogP contribution in [0.3, 0.4) is 0 Å². The Labute approximate surface area is 91.6 Å². The molecule has 14 heavy (non-hydrogen) atoms. The number of carbonyl (C=O) groups is 1. The predicted octanol–water partition coefficient (Wildman–Crippen LogP) is 1.54. The lowest BCUT2D eigenvalue weighted by molar-refractivity contribution is 0.0940. The molecule has 1 rings (SSSR count). The first-order chi connectivity index (χ1) is 6.54. The first-order valence-electron chi connectivity index (χ1n) is 4.13. The Morgan fingerprint density at radius 1 is 1.79 bits per heavy atom. The maximum absolute atomic E-state index is 11.6. The Balaban J connectivity index is 2.80. The number of aromatic nitrogens is 1. The molecule has 1 unspecified atom stereocenters. The summed E-state index contributed by atoms with van der Waals surface area (Å²) < 4.78 is 2.61. The van der Waals surface area contributed by atoms with Crippen molar-refractivity contribution in [3.05, 3.63) is 22.4 Å². The van der Waals surface area contributed by atoms with Gasteiger partial charge in [-0.05, 0) is 28.9 Å². The van der Waals surface area contributed by atoms with Crippen LogP contribution in [0, 0.1) is 12.3 Å². The summed E-state index contributed by atoms with van der Waals surface area (Å²) >= 11 is 3.29. The average molecular weight is 255 g/mol. The van der Waals surface area contributed by atoms with E-state index in [-0.39, 0.29) is 11.9 Å². The summed E-state index contributed by atoms with van der Waals surface area (Å²) in [5.74, 6) is 2.28. The van der Waals surface area contributed by atoms with Gasteiger partial charge < -0.3 is 9.88 Å². The summed E-state index contributed by atoms with van der Waals surface area (Å²) in [6.45, 7) is 1.76. The lowest BCUT2D eigenvalue weighted by atomic mass is 10.3. The zero-order valence-corrected chi connectivity index (χ0v) is 9.63. The number of amides is 1. The standard InChI is InChI=1S/C10H11BrN2O/c1-4-7(2)12-10(14)9-5-8(11)6-13(9)3/h1,5-7H,2-3H3,(H,12,14). The fourth-order valence-electron chi connectivity index (χ4n) is 1.06. The summed E-state index contributed by atoms with van der Waals surface area (Å²) in [6, 6.07) is 1.50. The molecule has 0 saturated heterocycles. The van der Waals surface area contributed by atoms with Crippen LogP contribution in [0.4, 0.5) is 0 Å².